The summed E-state index contributed by atoms with van der Waals surface area (Å²) in [4.78, 5) is 32.6. The number of hydrogen-bond acceptors (Lipinski definition) is 6. The lowest BCUT2D eigenvalue weighted by molar-refractivity contribution is -0.138. The monoisotopic (exact) mass is 435 g/mol. The van der Waals surface area contributed by atoms with E-state index in [4.69, 9.17) is 4.74 Å². The summed E-state index contributed by atoms with van der Waals surface area (Å²) in [6, 6.07) is 15.1. The standard InChI is InChI=1S/C25H29N3O4/c1-18-3-7-20(8-4-18)22-23(27-13-11-26(12-14-27)15-16-29)25(31)28(24(22)30)17-19-5-9-21(32-2)10-6-19/h3-10,29H,11-17H2,1-2H3. The maximum absolute atomic E-state index is 13.5. The Morgan fingerprint density at radius 2 is 1.56 bits per heavy atom. The molecule has 1 N–H and O–H groups in total. The fourth-order valence-electron chi connectivity index (χ4n) is 4.23. The van der Waals surface area contributed by atoms with E-state index < -0.39 is 0 Å². The van der Waals surface area contributed by atoms with Gasteiger partial charge in [0.15, 0.2) is 0 Å². The van der Waals surface area contributed by atoms with Gasteiger partial charge in [0.25, 0.3) is 11.8 Å². The summed E-state index contributed by atoms with van der Waals surface area (Å²) in [6.07, 6.45) is 0. The smallest absolute Gasteiger partial charge is 0.278 e. The van der Waals surface area contributed by atoms with Crippen LogP contribution in [0.15, 0.2) is 54.2 Å². The van der Waals surface area contributed by atoms with Crippen molar-refractivity contribution in [1.29, 1.82) is 0 Å². The molecule has 2 amide bonds. The van der Waals surface area contributed by atoms with Crippen molar-refractivity contribution in [3.63, 3.8) is 0 Å². The minimum Gasteiger partial charge on any atom is -0.497 e. The van der Waals surface area contributed by atoms with E-state index in [2.05, 4.69) is 4.90 Å². The van der Waals surface area contributed by atoms with Crippen molar-refractivity contribution >= 4 is 17.4 Å². The second-order valence-electron chi connectivity index (χ2n) is 8.19. The number of imide groups is 1. The number of ether oxygens (including phenoxy) is 1. The minimum absolute atomic E-state index is 0.115. The number of piperazine rings is 1. The maximum Gasteiger partial charge on any atom is 0.278 e. The van der Waals surface area contributed by atoms with E-state index >= 15 is 0 Å². The molecule has 2 aromatic rings. The first-order valence-electron chi connectivity index (χ1n) is 10.9. The van der Waals surface area contributed by atoms with Gasteiger partial charge in [-0.05, 0) is 30.2 Å². The van der Waals surface area contributed by atoms with E-state index in [1.165, 1.54) is 4.90 Å². The lowest BCUT2D eigenvalue weighted by Gasteiger charge is -2.36. The van der Waals surface area contributed by atoms with Crippen molar-refractivity contribution < 1.29 is 19.4 Å². The summed E-state index contributed by atoms with van der Waals surface area (Å²) >= 11 is 0. The predicted octanol–water partition coefficient (Wildman–Crippen LogP) is 1.89. The quantitative estimate of drug-likeness (QED) is 0.670. The summed E-state index contributed by atoms with van der Waals surface area (Å²) in [5.41, 5.74) is 3.68. The van der Waals surface area contributed by atoms with Gasteiger partial charge in [0.1, 0.15) is 11.4 Å². The Kier molecular flexibility index (Phi) is 6.58. The molecule has 168 valence electrons. The van der Waals surface area contributed by atoms with E-state index in [9.17, 15) is 14.7 Å². The van der Waals surface area contributed by atoms with E-state index in [1.807, 2.05) is 60.4 Å². The number of carbonyl (C=O) groups is 2. The molecule has 0 unspecified atom stereocenters. The third-order valence-electron chi connectivity index (χ3n) is 6.09. The first-order chi connectivity index (χ1) is 15.5. The summed E-state index contributed by atoms with van der Waals surface area (Å²) in [5, 5.41) is 9.22. The first kappa shape index (κ1) is 22.0. The van der Waals surface area contributed by atoms with Gasteiger partial charge >= 0.3 is 0 Å². The van der Waals surface area contributed by atoms with E-state index in [0.29, 0.717) is 30.9 Å². The zero-order valence-corrected chi connectivity index (χ0v) is 18.6. The molecule has 7 heteroatoms. The molecule has 2 aliphatic heterocycles. The highest BCUT2D eigenvalue weighted by Gasteiger charge is 2.42. The number of aryl methyl sites for hydroxylation is 1. The van der Waals surface area contributed by atoms with Crippen molar-refractivity contribution in [2.75, 3.05) is 46.4 Å². The SMILES string of the molecule is COc1ccc(CN2C(=O)C(c3ccc(C)cc3)=C(N3CCN(CCO)CC3)C2=O)cc1. The number of methoxy groups -OCH3 is 1. The van der Waals surface area contributed by atoms with Gasteiger partial charge in [0, 0.05) is 32.7 Å². The highest BCUT2D eigenvalue weighted by atomic mass is 16.5. The van der Waals surface area contributed by atoms with Crippen LogP contribution in [0, 0.1) is 6.92 Å². The Balaban J connectivity index is 1.64. The van der Waals surface area contributed by atoms with Crippen LogP contribution in [0.5, 0.6) is 5.75 Å². The first-order valence-corrected chi connectivity index (χ1v) is 10.9. The number of β-amino-alcohol motifs (C(OH)–C–C–N with tert-alkyl or cyclic N) is 1. The number of rotatable bonds is 7. The summed E-state index contributed by atoms with van der Waals surface area (Å²) in [7, 11) is 1.60. The van der Waals surface area contributed by atoms with Crippen LogP contribution in [0.4, 0.5) is 0 Å². The molecule has 0 bridgehead atoms. The number of hydrogen-bond donors (Lipinski definition) is 1. The fraction of sp³-hybridized carbons (Fsp3) is 0.360. The molecule has 0 spiro atoms. The molecule has 7 nitrogen and oxygen atoms in total. The molecule has 0 aromatic heterocycles. The van der Waals surface area contributed by atoms with E-state index in [-0.39, 0.29) is 25.0 Å². The molecule has 0 atom stereocenters. The molecule has 0 radical (unpaired) electrons. The number of aliphatic hydroxyl groups excluding tert-OH is 1. The Morgan fingerprint density at radius 3 is 2.16 bits per heavy atom. The number of aliphatic hydroxyl groups is 1. The number of nitrogens with zero attached hydrogens (tertiary/aromatic N) is 3. The third kappa shape index (κ3) is 4.40. The average Bonchev–Trinajstić information content (AvgIpc) is 3.06. The second kappa shape index (κ2) is 9.54. The van der Waals surface area contributed by atoms with Crippen LogP contribution in [0.1, 0.15) is 16.7 Å². The van der Waals surface area contributed by atoms with Gasteiger partial charge in [-0.3, -0.25) is 19.4 Å². The van der Waals surface area contributed by atoms with E-state index in [1.54, 1.807) is 7.11 Å². The minimum atomic E-state index is -0.262. The normalized spacial score (nSPS) is 17.5. The Hall–Kier alpha value is -3.16. The zero-order chi connectivity index (χ0) is 22.7. The zero-order valence-electron chi connectivity index (χ0n) is 18.6. The lowest BCUT2D eigenvalue weighted by Crippen LogP contribution is -2.48. The van der Waals surface area contributed by atoms with Crippen LogP contribution >= 0.6 is 0 Å². The maximum atomic E-state index is 13.5. The van der Waals surface area contributed by atoms with Crippen molar-refractivity contribution in [3.8, 4) is 5.75 Å². The number of benzene rings is 2. The van der Waals surface area contributed by atoms with Crippen LogP contribution < -0.4 is 4.74 Å². The Morgan fingerprint density at radius 1 is 0.906 bits per heavy atom. The summed E-state index contributed by atoms with van der Waals surface area (Å²) in [6.45, 7) is 5.71. The van der Waals surface area contributed by atoms with Gasteiger partial charge in [-0.1, -0.05) is 42.0 Å². The van der Waals surface area contributed by atoms with Gasteiger partial charge < -0.3 is 14.7 Å². The molecule has 32 heavy (non-hydrogen) atoms. The molecular weight excluding hydrogens is 406 g/mol. The van der Waals surface area contributed by atoms with Crippen molar-refractivity contribution in [2.24, 2.45) is 0 Å². The van der Waals surface area contributed by atoms with Crippen molar-refractivity contribution in [2.45, 2.75) is 13.5 Å². The van der Waals surface area contributed by atoms with Gasteiger partial charge in [-0.15, -0.1) is 0 Å². The predicted molar refractivity (Wildman–Crippen MR) is 122 cm³/mol. The van der Waals surface area contributed by atoms with Crippen LogP contribution in [-0.2, 0) is 16.1 Å². The molecule has 2 aliphatic rings. The topological polar surface area (TPSA) is 73.3 Å². The second-order valence-corrected chi connectivity index (χ2v) is 8.19. The van der Waals surface area contributed by atoms with Crippen LogP contribution in [0.25, 0.3) is 5.57 Å². The number of amides is 2. The highest BCUT2D eigenvalue weighted by Crippen LogP contribution is 2.33. The molecule has 2 aromatic carbocycles. The molecule has 1 saturated heterocycles. The fourth-order valence-corrected chi connectivity index (χ4v) is 4.23. The van der Waals surface area contributed by atoms with Gasteiger partial charge in [-0.25, -0.2) is 0 Å². The Labute approximate surface area is 188 Å². The largest absolute Gasteiger partial charge is 0.497 e. The average molecular weight is 436 g/mol. The summed E-state index contributed by atoms with van der Waals surface area (Å²) in [5.74, 6) is 0.215. The lowest BCUT2D eigenvalue weighted by atomic mass is 10.0. The summed E-state index contributed by atoms with van der Waals surface area (Å²) < 4.78 is 5.21. The van der Waals surface area contributed by atoms with Crippen molar-refractivity contribution in [1.82, 2.24) is 14.7 Å². The van der Waals surface area contributed by atoms with Crippen LogP contribution in [-0.4, -0.2) is 78.1 Å². The van der Waals surface area contributed by atoms with Crippen LogP contribution in [0.3, 0.4) is 0 Å². The van der Waals surface area contributed by atoms with Crippen LogP contribution in [0.2, 0.25) is 0 Å². The highest BCUT2D eigenvalue weighted by molar-refractivity contribution is 6.35. The van der Waals surface area contributed by atoms with Gasteiger partial charge in [-0.2, -0.15) is 0 Å². The molecule has 2 heterocycles. The molecule has 0 aliphatic carbocycles. The van der Waals surface area contributed by atoms with Crippen molar-refractivity contribution in [3.05, 3.63) is 70.9 Å². The molecular formula is C25H29N3O4. The van der Waals surface area contributed by atoms with Gasteiger partial charge in [0.05, 0.1) is 25.8 Å². The Bertz CT molecular complexity index is 1010. The third-order valence-corrected chi connectivity index (χ3v) is 6.09. The molecule has 0 saturated carbocycles. The number of carbonyl (C=O) groups excluding carboxylic acids is 2. The van der Waals surface area contributed by atoms with Gasteiger partial charge in [0.2, 0.25) is 0 Å². The molecule has 1 fully saturated rings. The molecule has 4 rings (SSSR count). The van der Waals surface area contributed by atoms with E-state index in [0.717, 1.165) is 35.5 Å².